The summed E-state index contributed by atoms with van der Waals surface area (Å²) in [7, 11) is 0. The summed E-state index contributed by atoms with van der Waals surface area (Å²) in [6.45, 7) is 3.94. The molecule has 0 bridgehead atoms. The van der Waals surface area contributed by atoms with Crippen LogP contribution in [-0.2, 0) is 0 Å². The molecule has 6 nitrogen and oxygen atoms in total. The minimum absolute atomic E-state index is 0.0348. The van der Waals surface area contributed by atoms with Gasteiger partial charge in [0, 0.05) is 17.3 Å². The van der Waals surface area contributed by atoms with Crippen LogP contribution in [0.5, 0.6) is 0 Å². The summed E-state index contributed by atoms with van der Waals surface area (Å²) in [6.07, 6.45) is 0. The standard InChI is InChI=1S/C16H16ClN3O3/c1-3-18-14(21)12-8-10(17)5-7-13(12)20-16(23)11-6-4-9(2)19-15(11)22/h4-8H,3H2,1-2H3,(H,18,21)(H,19,22)(H,20,23). The molecule has 0 spiro atoms. The molecule has 3 N–H and O–H groups in total. The Labute approximate surface area is 137 Å². The van der Waals surface area contributed by atoms with E-state index in [0.717, 1.165) is 0 Å². The average Bonchev–Trinajstić information content (AvgIpc) is 2.49. The van der Waals surface area contributed by atoms with Gasteiger partial charge in [0.15, 0.2) is 0 Å². The van der Waals surface area contributed by atoms with Gasteiger partial charge in [-0.15, -0.1) is 0 Å². The maximum absolute atomic E-state index is 12.3. The number of H-pyrrole nitrogens is 1. The van der Waals surface area contributed by atoms with Gasteiger partial charge in [-0.2, -0.15) is 0 Å². The number of anilines is 1. The SMILES string of the molecule is CCNC(=O)c1cc(Cl)ccc1NC(=O)c1ccc(C)[nH]c1=O. The Balaban J connectivity index is 2.34. The molecule has 1 aromatic heterocycles. The lowest BCUT2D eigenvalue weighted by Gasteiger charge is -2.11. The van der Waals surface area contributed by atoms with Crippen molar-refractivity contribution in [3.63, 3.8) is 0 Å². The molecule has 1 heterocycles. The number of aryl methyl sites for hydroxylation is 1. The zero-order valence-corrected chi connectivity index (χ0v) is 13.5. The van der Waals surface area contributed by atoms with Crippen LogP contribution < -0.4 is 16.2 Å². The van der Waals surface area contributed by atoms with E-state index in [2.05, 4.69) is 15.6 Å². The highest BCUT2D eigenvalue weighted by atomic mass is 35.5. The second kappa shape index (κ2) is 7.11. The molecule has 23 heavy (non-hydrogen) atoms. The van der Waals surface area contributed by atoms with Crippen LogP contribution >= 0.6 is 11.6 Å². The fourth-order valence-corrected chi connectivity index (χ4v) is 2.18. The molecule has 0 aliphatic rings. The quantitative estimate of drug-likeness (QED) is 0.802. The van der Waals surface area contributed by atoms with Crippen molar-refractivity contribution in [2.24, 2.45) is 0 Å². The maximum Gasteiger partial charge on any atom is 0.261 e. The van der Waals surface area contributed by atoms with Crippen LogP contribution in [0.3, 0.4) is 0 Å². The monoisotopic (exact) mass is 333 g/mol. The summed E-state index contributed by atoms with van der Waals surface area (Å²) < 4.78 is 0. The third-order valence-corrected chi connectivity index (χ3v) is 3.35. The lowest BCUT2D eigenvalue weighted by Crippen LogP contribution is -2.27. The first-order chi connectivity index (χ1) is 10.9. The molecule has 1 aromatic carbocycles. The first-order valence-electron chi connectivity index (χ1n) is 7.01. The molecular weight excluding hydrogens is 318 g/mol. The van der Waals surface area contributed by atoms with E-state index in [9.17, 15) is 14.4 Å². The first-order valence-corrected chi connectivity index (χ1v) is 7.39. The number of aromatic nitrogens is 1. The molecule has 0 unspecified atom stereocenters. The van der Waals surface area contributed by atoms with E-state index in [1.54, 1.807) is 26.0 Å². The number of aromatic amines is 1. The van der Waals surface area contributed by atoms with Crippen molar-refractivity contribution in [3.8, 4) is 0 Å². The molecule has 2 amide bonds. The van der Waals surface area contributed by atoms with Crippen LogP contribution in [0.2, 0.25) is 5.02 Å². The highest BCUT2D eigenvalue weighted by Crippen LogP contribution is 2.21. The Hall–Kier alpha value is -2.60. The predicted molar refractivity (Wildman–Crippen MR) is 89.2 cm³/mol. The van der Waals surface area contributed by atoms with E-state index in [4.69, 9.17) is 11.6 Å². The van der Waals surface area contributed by atoms with Crippen molar-refractivity contribution in [2.75, 3.05) is 11.9 Å². The van der Waals surface area contributed by atoms with E-state index in [1.807, 2.05) is 0 Å². The molecule has 0 aliphatic carbocycles. The molecule has 0 saturated heterocycles. The summed E-state index contributed by atoms with van der Waals surface area (Å²) in [5, 5.41) is 5.59. The molecule has 0 saturated carbocycles. The second-order valence-corrected chi connectivity index (χ2v) is 5.32. The van der Waals surface area contributed by atoms with Gasteiger partial charge in [0.1, 0.15) is 5.56 Å². The minimum Gasteiger partial charge on any atom is -0.352 e. The second-order valence-electron chi connectivity index (χ2n) is 4.89. The molecular formula is C16H16ClN3O3. The average molecular weight is 334 g/mol. The lowest BCUT2D eigenvalue weighted by molar-refractivity contribution is 0.0956. The van der Waals surface area contributed by atoms with Crippen molar-refractivity contribution < 1.29 is 9.59 Å². The summed E-state index contributed by atoms with van der Waals surface area (Å²) in [6, 6.07) is 7.60. The van der Waals surface area contributed by atoms with Gasteiger partial charge in [-0.25, -0.2) is 0 Å². The maximum atomic E-state index is 12.3. The van der Waals surface area contributed by atoms with Crippen LogP contribution in [0, 0.1) is 6.92 Å². The van der Waals surface area contributed by atoms with Gasteiger partial charge < -0.3 is 15.6 Å². The number of amides is 2. The van der Waals surface area contributed by atoms with Crippen molar-refractivity contribution in [1.29, 1.82) is 0 Å². The number of nitrogens with one attached hydrogen (secondary N) is 3. The van der Waals surface area contributed by atoms with Gasteiger partial charge >= 0.3 is 0 Å². The molecule has 2 rings (SSSR count). The molecule has 2 aromatic rings. The summed E-state index contributed by atoms with van der Waals surface area (Å²) in [5.41, 5.74) is 0.644. The van der Waals surface area contributed by atoms with E-state index in [0.29, 0.717) is 17.3 Å². The van der Waals surface area contributed by atoms with E-state index in [-0.39, 0.29) is 22.7 Å². The Kier molecular flexibility index (Phi) is 5.18. The van der Waals surface area contributed by atoms with Crippen LogP contribution in [0.4, 0.5) is 5.69 Å². The van der Waals surface area contributed by atoms with Crippen LogP contribution in [0.25, 0.3) is 0 Å². The Morgan fingerprint density at radius 3 is 2.52 bits per heavy atom. The molecule has 0 fully saturated rings. The first kappa shape index (κ1) is 16.8. The molecule has 0 radical (unpaired) electrons. The number of hydrogen-bond donors (Lipinski definition) is 3. The number of carbonyl (C=O) groups is 2. The van der Waals surface area contributed by atoms with Crippen molar-refractivity contribution >= 4 is 29.1 Å². The van der Waals surface area contributed by atoms with E-state index < -0.39 is 11.5 Å². The summed E-state index contributed by atoms with van der Waals surface area (Å²) >= 11 is 5.91. The van der Waals surface area contributed by atoms with Crippen LogP contribution in [-0.4, -0.2) is 23.3 Å². The highest BCUT2D eigenvalue weighted by Gasteiger charge is 2.16. The normalized spacial score (nSPS) is 10.2. The van der Waals surface area contributed by atoms with Gasteiger partial charge in [-0.1, -0.05) is 11.6 Å². The summed E-state index contributed by atoms with van der Waals surface area (Å²) in [4.78, 5) is 38.7. The molecule has 0 aliphatic heterocycles. The van der Waals surface area contributed by atoms with E-state index in [1.165, 1.54) is 18.2 Å². The van der Waals surface area contributed by atoms with Gasteiger partial charge in [0.2, 0.25) is 0 Å². The van der Waals surface area contributed by atoms with Crippen molar-refractivity contribution in [2.45, 2.75) is 13.8 Å². The fourth-order valence-electron chi connectivity index (χ4n) is 2.01. The van der Waals surface area contributed by atoms with Gasteiger partial charge in [0.05, 0.1) is 11.3 Å². The Bertz CT molecular complexity index is 814. The van der Waals surface area contributed by atoms with Gasteiger partial charge in [-0.3, -0.25) is 14.4 Å². The Morgan fingerprint density at radius 2 is 1.87 bits per heavy atom. The predicted octanol–water partition coefficient (Wildman–Crippen LogP) is 2.34. The van der Waals surface area contributed by atoms with Crippen LogP contribution in [0.1, 0.15) is 33.3 Å². The van der Waals surface area contributed by atoms with Crippen LogP contribution in [0.15, 0.2) is 35.1 Å². The van der Waals surface area contributed by atoms with Crippen molar-refractivity contribution in [1.82, 2.24) is 10.3 Å². The third kappa shape index (κ3) is 3.98. The minimum atomic E-state index is -0.598. The Morgan fingerprint density at radius 1 is 1.13 bits per heavy atom. The molecule has 0 atom stereocenters. The fraction of sp³-hybridized carbons (Fsp3) is 0.188. The van der Waals surface area contributed by atoms with E-state index >= 15 is 0 Å². The molecule has 120 valence electrons. The lowest BCUT2D eigenvalue weighted by atomic mass is 10.1. The topological polar surface area (TPSA) is 91.1 Å². The zero-order valence-electron chi connectivity index (χ0n) is 12.7. The van der Waals surface area contributed by atoms with Crippen molar-refractivity contribution in [3.05, 3.63) is 62.5 Å². The number of rotatable bonds is 4. The number of pyridine rings is 1. The summed E-state index contributed by atoms with van der Waals surface area (Å²) in [5.74, 6) is -0.956. The zero-order chi connectivity index (χ0) is 17.0. The number of halogens is 1. The third-order valence-electron chi connectivity index (χ3n) is 3.11. The highest BCUT2D eigenvalue weighted by molar-refractivity contribution is 6.31. The number of hydrogen-bond acceptors (Lipinski definition) is 3. The smallest absolute Gasteiger partial charge is 0.261 e. The van der Waals surface area contributed by atoms with Gasteiger partial charge in [0.25, 0.3) is 17.4 Å². The number of carbonyl (C=O) groups excluding carboxylic acids is 2. The number of benzene rings is 1. The largest absolute Gasteiger partial charge is 0.352 e. The molecule has 7 heteroatoms. The van der Waals surface area contributed by atoms with Gasteiger partial charge in [-0.05, 0) is 44.2 Å².